The molecule has 0 bridgehead atoms. The summed E-state index contributed by atoms with van der Waals surface area (Å²) in [5.41, 5.74) is 4.88. The van der Waals surface area contributed by atoms with Crippen LogP contribution in [0.25, 0.3) is 39.2 Å². The van der Waals surface area contributed by atoms with E-state index < -0.39 is 0 Å². The minimum Gasteiger partial charge on any atom is -0.494 e. The molecule has 0 fully saturated rings. The standard InChI is InChI=1S/C24H23N5O3/c1-24(2,3)22-18-20(26-27-22)23(30)29(21(18)19-17(31-4)6-5-12-25-19)15-9-7-14(8-10-15)16-11-13-32-28-16/h5-13,26,30H,1-4H3. The molecule has 5 aromatic rings. The Morgan fingerprint density at radius 3 is 2.53 bits per heavy atom. The number of benzene rings is 1. The first-order valence-electron chi connectivity index (χ1n) is 10.2. The Morgan fingerprint density at radius 1 is 1.09 bits per heavy atom. The van der Waals surface area contributed by atoms with E-state index in [2.05, 4.69) is 41.1 Å². The molecule has 0 saturated carbocycles. The van der Waals surface area contributed by atoms with E-state index in [4.69, 9.17) is 9.26 Å². The summed E-state index contributed by atoms with van der Waals surface area (Å²) in [7, 11) is 1.61. The zero-order chi connectivity index (χ0) is 22.5. The molecule has 32 heavy (non-hydrogen) atoms. The fraction of sp³-hybridized carbons (Fsp3) is 0.208. The molecule has 0 spiro atoms. The Morgan fingerprint density at radius 2 is 1.88 bits per heavy atom. The van der Waals surface area contributed by atoms with Gasteiger partial charge in [-0.05, 0) is 24.3 Å². The molecule has 0 aliphatic heterocycles. The van der Waals surface area contributed by atoms with E-state index in [0.717, 1.165) is 28.0 Å². The lowest BCUT2D eigenvalue weighted by Crippen LogP contribution is -2.13. The number of nitrogens with one attached hydrogen (secondary N) is 1. The first-order valence-corrected chi connectivity index (χ1v) is 10.2. The van der Waals surface area contributed by atoms with Crippen molar-refractivity contribution in [1.82, 2.24) is 24.9 Å². The third kappa shape index (κ3) is 3.03. The number of hydrogen-bond acceptors (Lipinski definition) is 6. The predicted octanol–water partition coefficient (Wildman–Crippen LogP) is 5.08. The number of fused-ring (bicyclic) bond motifs is 1. The normalized spacial score (nSPS) is 11.9. The molecule has 0 aliphatic rings. The zero-order valence-corrected chi connectivity index (χ0v) is 18.2. The minimum atomic E-state index is -0.259. The molecule has 0 radical (unpaired) electrons. The van der Waals surface area contributed by atoms with Gasteiger partial charge in [0, 0.05) is 28.9 Å². The second kappa shape index (κ2) is 7.26. The maximum atomic E-state index is 11.3. The number of ether oxygens (including phenoxy) is 1. The average molecular weight is 429 g/mol. The third-order valence-corrected chi connectivity index (χ3v) is 5.45. The van der Waals surface area contributed by atoms with Gasteiger partial charge < -0.3 is 14.4 Å². The molecule has 162 valence electrons. The van der Waals surface area contributed by atoms with Gasteiger partial charge in [-0.1, -0.05) is 38.1 Å². The Kier molecular flexibility index (Phi) is 4.51. The largest absolute Gasteiger partial charge is 0.494 e. The lowest BCUT2D eigenvalue weighted by molar-refractivity contribution is 0.414. The van der Waals surface area contributed by atoms with Crippen molar-refractivity contribution in [2.24, 2.45) is 0 Å². The van der Waals surface area contributed by atoms with Crippen LogP contribution in [0, 0.1) is 0 Å². The van der Waals surface area contributed by atoms with Crippen LogP contribution >= 0.6 is 0 Å². The zero-order valence-electron chi connectivity index (χ0n) is 18.2. The van der Waals surface area contributed by atoms with E-state index in [9.17, 15) is 5.11 Å². The molecular formula is C24H23N5O3. The van der Waals surface area contributed by atoms with Gasteiger partial charge in [-0.15, -0.1) is 0 Å². The number of aromatic hydroxyl groups is 1. The number of H-pyrrole nitrogens is 1. The molecule has 8 nitrogen and oxygen atoms in total. The molecule has 0 aliphatic carbocycles. The monoisotopic (exact) mass is 429 g/mol. The number of rotatable bonds is 4. The van der Waals surface area contributed by atoms with Crippen LogP contribution in [0.4, 0.5) is 0 Å². The molecule has 0 unspecified atom stereocenters. The van der Waals surface area contributed by atoms with Crippen molar-refractivity contribution in [3.63, 3.8) is 0 Å². The third-order valence-electron chi connectivity index (χ3n) is 5.45. The molecule has 8 heteroatoms. The number of hydrogen-bond donors (Lipinski definition) is 2. The van der Waals surface area contributed by atoms with Crippen molar-refractivity contribution in [3.05, 3.63) is 60.6 Å². The molecule has 0 saturated heterocycles. The summed E-state index contributed by atoms with van der Waals surface area (Å²) in [5, 5.41) is 23.6. The van der Waals surface area contributed by atoms with Gasteiger partial charge in [-0.2, -0.15) is 5.10 Å². The highest BCUT2D eigenvalue weighted by Crippen LogP contribution is 2.45. The average Bonchev–Trinajstić information content (AvgIpc) is 3.51. The minimum absolute atomic E-state index is 0.0555. The Balaban J connectivity index is 1.81. The van der Waals surface area contributed by atoms with E-state index >= 15 is 0 Å². The molecule has 4 heterocycles. The van der Waals surface area contributed by atoms with Gasteiger partial charge in [0.1, 0.15) is 28.9 Å². The Hall–Kier alpha value is -4.07. The lowest BCUT2D eigenvalue weighted by atomic mass is 9.89. The topological polar surface area (TPSA) is 102 Å². The summed E-state index contributed by atoms with van der Waals surface area (Å²) in [5.74, 6) is 0.660. The van der Waals surface area contributed by atoms with Gasteiger partial charge >= 0.3 is 0 Å². The molecule has 1 aromatic carbocycles. The van der Waals surface area contributed by atoms with Gasteiger partial charge in [-0.3, -0.25) is 14.6 Å². The second-order valence-electron chi connectivity index (χ2n) is 8.57. The molecular weight excluding hydrogens is 406 g/mol. The summed E-state index contributed by atoms with van der Waals surface area (Å²) in [4.78, 5) is 4.61. The van der Waals surface area contributed by atoms with Gasteiger partial charge in [-0.25, -0.2) is 0 Å². The quantitative estimate of drug-likeness (QED) is 0.413. The number of pyridine rings is 1. The highest BCUT2D eigenvalue weighted by Gasteiger charge is 2.31. The van der Waals surface area contributed by atoms with Crippen LogP contribution in [0.15, 0.2) is 59.4 Å². The number of nitrogens with zero attached hydrogens (tertiary/aromatic N) is 4. The van der Waals surface area contributed by atoms with Crippen molar-refractivity contribution in [3.8, 4) is 40.0 Å². The fourth-order valence-electron chi connectivity index (χ4n) is 3.96. The van der Waals surface area contributed by atoms with Crippen LogP contribution in [-0.4, -0.2) is 37.1 Å². The summed E-state index contributed by atoms with van der Waals surface area (Å²) in [6.45, 7) is 6.26. The predicted molar refractivity (Wildman–Crippen MR) is 121 cm³/mol. The van der Waals surface area contributed by atoms with Crippen LogP contribution in [0.2, 0.25) is 0 Å². The van der Waals surface area contributed by atoms with Crippen LogP contribution in [0.1, 0.15) is 26.5 Å². The summed E-state index contributed by atoms with van der Waals surface area (Å²) in [6.07, 6.45) is 3.25. The smallest absolute Gasteiger partial charge is 0.223 e. The Labute approximate surface area is 184 Å². The van der Waals surface area contributed by atoms with Gasteiger partial charge in [0.2, 0.25) is 5.88 Å². The number of aromatic amines is 1. The second-order valence-corrected chi connectivity index (χ2v) is 8.57. The summed E-state index contributed by atoms with van der Waals surface area (Å²) >= 11 is 0. The van der Waals surface area contributed by atoms with E-state index in [1.807, 2.05) is 36.4 Å². The number of aromatic nitrogens is 5. The van der Waals surface area contributed by atoms with E-state index in [0.29, 0.717) is 22.7 Å². The first kappa shape index (κ1) is 19.9. The van der Waals surface area contributed by atoms with Crippen LogP contribution in [0.5, 0.6) is 11.6 Å². The molecule has 0 amide bonds. The van der Waals surface area contributed by atoms with Gasteiger partial charge in [0.15, 0.2) is 0 Å². The van der Waals surface area contributed by atoms with Crippen LogP contribution < -0.4 is 4.74 Å². The van der Waals surface area contributed by atoms with Crippen LogP contribution in [-0.2, 0) is 5.41 Å². The van der Waals surface area contributed by atoms with E-state index in [1.54, 1.807) is 23.9 Å². The maximum absolute atomic E-state index is 11.3. The highest BCUT2D eigenvalue weighted by atomic mass is 16.5. The number of methoxy groups -OCH3 is 1. The molecule has 0 atom stereocenters. The van der Waals surface area contributed by atoms with Crippen LogP contribution in [0.3, 0.4) is 0 Å². The molecule has 5 rings (SSSR count). The van der Waals surface area contributed by atoms with Gasteiger partial charge in [0.25, 0.3) is 0 Å². The lowest BCUT2D eigenvalue weighted by Gasteiger charge is -2.18. The van der Waals surface area contributed by atoms with Crippen molar-refractivity contribution in [2.75, 3.05) is 7.11 Å². The van der Waals surface area contributed by atoms with Gasteiger partial charge in [0.05, 0.1) is 23.9 Å². The van der Waals surface area contributed by atoms with Crippen molar-refractivity contribution in [1.29, 1.82) is 0 Å². The molecule has 4 aromatic heterocycles. The van der Waals surface area contributed by atoms with E-state index in [-0.39, 0.29) is 11.3 Å². The summed E-state index contributed by atoms with van der Waals surface area (Å²) in [6, 6.07) is 13.2. The van der Waals surface area contributed by atoms with E-state index in [1.165, 1.54) is 6.26 Å². The summed E-state index contributed by atoms with van der Waals surface area (Å²) < 4.78 is 12.3. The fourth-order valence-corrected chi connectivity index (χ4v) is 3.96. The molecule has 2 N–H and O–H groups in total. The first-order chi connectivity index (χ1) is 15.4. The van der Waals surface area contributed by atoms with Crippen molar-refractivity contribution >= 4 is 10.9 Å². The van der Waals surface area contributed by atoms with Crippen molar-refractivity contribution in [2.45, 2.75) is 26.2 Å². The Bertz CT molecular complexity index is 1390. The maximum Gasteiger partial charge on any atom is 0.223 e. The SMILES string of the molecule is COc1cccnc1-c1c2c(C(C)(C)C)n[nH]c2c(O)n1-c1ccc(-c2ccon2)cc1. The van der Waals surface area contributed by atoms with Crippen molar-refractivity contribution < 1.29 is 14.4 Å². The highest BCUT2D eigenvalue weighted by molar-refractivity contribution is 6.01.